The maximum atomic E-state index is 13.8. The Morgan fingerprint density at radius 3 is 2.02 bits per heavy atom. The van der Waals surface area contributed by atoms with Crippen LogP contribution in [0.3, 0.4) is 0 Å². The van der Waals surface area contributed by atoms with E-state index in [0.29, 0.717) is 90.6 Å². The molecule has 0 bridgehead atoms. The molecule has 1 saturated heterocycles. The Morgan fingerprint density at radius 2 is 1.44 bits per heavy atom. The molecule has 4 N–H and O–H groups in total. The van der Waals surface area contributed by atoms with Crippen molar-refractivity contribution in [3.05, 3.63) is 29.3 Å². The number of hydrogen-bond donors (Lipinski definition) is 4. The van der Waals surface area contributed by atoms with Crippen LogP contribution in [0.4, 0.5) is 9.18 Å². The molecule has 3 unspecified atom stereocenters. The zero-order valence-corrected chi connectivity index (χ0v) is 39.6. The van der Waals surface area contributed by atoms with Gasteiger partial charge >= 0.3 is 12.2 Å². The first-order chi connectivity index (χ1) is 29.9. The smallest absolute Gasteiger partial charge is 0.479 e. The highest BCUT2D eigenvalue weighted by atomic mass is 19.1. The van der Waals surface area contributed by atoms with E-state index in [0.717, 1.165) is 18.7 Å². The zero-order chi connectivity index (χ0) is 48.0. The number of carboxylic acids is 1. The van der Waals surface area contributed by atoms with Crippen molar-refractivity contribution in [2.45, 2.75) is 155 Å². The SMILES string of the molecule is CC(C)=NOCCOCCOCCN(CCC(C)(C)OCCC(C)(C)NC=O)CCC(C)(C)OCCC(C)(C)NC(=O)c1cc(COC(=O)F)ccc1OC1CC(O)CC(C(=O)O)O1. The van der Waals surface area contributed by atoms with Gasteiger partial charge in [-0.3, -0.25) is 9.59 Å². The van der Waals surface area contributed by atoms with Crippen LogP contribution in [0.5, 0.6) is 5.75 Å². The summed E-state index contributed by atoms with van der Waals surface area (Å²) in [5.74, 6) is -1.80. The predicted molar refractivity (Wildman–Crippen MR) is 236 cm³/mol. The van der Waals surface area contributed by atoms with E-state index in [-0.39, 0.29) is 29.7 Å². The molecule has 0 aromatic heterocycles. The third-order valence-electron chi connectivity index (χ3n) is 10.3. The Kier molecular flexibility index (Phi) is 24.1. The summed E-state index contributed by atoms with van der Waals surface area (Å²) in [6.07, 6.45) is -2.39. The number of aliphatic hydroxyl groups excluding tert-OH is 1. The van der Waals surface area contributed by atoms with Crippen molar-refractivity contribution in [1.82, 2.24) is 15.5 Å². The van der Waals surface area contributed by atoms with Crippen molar-refractivity contribution in [3.63, 3.8) is 0 Å². The lowest BCUT2D eigenvalue weighted by atomic mass is 9.99. The minimum Gasteiger partial charge on any atom is -0.479 e. The molecule has 19 heteroatoms. The van der Waals surface area contributed by atoms with Crippen molar-refractivity contribution in [2.24, 2.45) is 5.16 Å². The van der Waals surface area contributed by atoms with Gasteiger partial charge in [0, 0.05) is 56.8 Å². The first-order valence-corrected chi connectivity index (χ1v) is 21.9. The molecule has 64 heavy (non-hydrogen) atoms. The Labute approximate surface area is 378 Å². The normalized spacial score (nSPS) is 17.1. The number of rotatable bonds is 33. The Bertz CT molecular complexity index is 1620. The van der Waals surface area contributed by atoms with Gasteiger partial charge < -0.3 is 63.7 Å². The van der Waals surface area contributed by atoms with E-state index in [1.807, 2.05) is 55.4 Å². The molecule has 366 valence electrons. The number of carbonyl (C=O) groups excluding carboxylic acids is 3. The van der Waals surface area contributed by atoms with Crippen LogP contribution >= 0.6 is 0 Å². The summed E-state index contributed by atoms with van der Waals surface area (Å²) in [6, 6.07) is 4.25. The van der Waals surface area contributed by atoms with Crippen molar-refractivity contribution < 1.29 is 71.8 Å². The number of carboxylic acid groups (broad SMARTS) is 1. The molecule has 1 heterocycles. The number of amides is 2. The first-order valence-electron chi connectivity index (χ1n) is 21.9. The van der Waals surface area contributed by atoms with Crippen molar-refractivity contribution >= 4 is 30.2 Å². The van der Waals surface area contributed by atoms with E-state index in [4.69, 9.17) is 33.3 Å². The lowest BCUT2D eigenvalue weighted by Gasteiger charge is -2.34. The molecule has 2 amide bonds. The predicted octanol–water partition coefficient (Wildman–Crippen LogP) is 5.55. The summed E-state index contributed by atoms with van der Waals surface area (Å²) in [6.45, 7) is 24.0. The number of benzene rings is 1. The highest BCUT2D eigenvalue weighted by molar-refractivity contribution is 5.97. The number of nitrogens with one attached hydrogen (secondary N) is 2. The summed E-state index contributed by atoms with van der Waals surface area (Å²) >= 11 is 0. The van der Waals surface area contributed by atoms with Crippen LogP contribution in [0, 0.1) is 0 Å². The Hall–Kier alpha value is -3.98. The lowest BCUT2D eigenvalue weighted by Crippen LogP contribution is -2.45. The van der Waals surface area contributed by atoms with Crippen LogP contribution in [0.2, 0.25) is 0 Å². The third kappa shape index (κ3) is 24.3. The molecule has 0 aliphatic carbocycles. The summed E-state index contributed by atoms with van der Waals surface area (Å²) < 4.78 is 53.0. The van der Waals surface area contributed by atoms with Gasteiger partial charge in [-0.05, 0) is 113 Å². The number of carbonyl (C=O) groups is 4. The topological polar surface area (TPSA) is 222 Å². The largest absolute Gasteiger partial charge is 0.495 e. The van der Waals surface area contributed by atoms with Crippen LogP contribution in [0.1, 0.15) is 124 Å². The van der Waals surface area contributed by atoms with Crippen molar-refractivity contribution in [1.29, 1.82) is 0 Å². The molecular formula is C45H75FN4O14. The van der Waals surface area contributed by atoms with E-state index >= 15 is 0 Å². The maximum absolute atomic E-state index is 13.8. The lowest BCUT2D eigenvalue weighted by molar-refractivity contribution is -0.195. The fourth-order valence-electron chi connectivity index (χ4n) is 6.28. The van der Waals surface area contributed by atoms with Gasteiger partial charge in [-0.15, -0.1) is 4.39 Å². The monoisotopic (exact) mass is 915 g/mol. The number of nitrogens with zero attached hydrogens (tertiary/aromatic N) is 2. The molecule has 0 spiro atoms. The van der Waals surface area contributed by atoms with Gasteiger partial charge in [0.05, 0.1) is 55.0 Å². The van der Waals surface area contributed by atoms with Gasteiger partial charge in [0.1, 0.15) is 19.0 Å². The highest BCUT2D eigenvalue weighted by Gasteiger charge is 2.35. The molecule has 1 aromatic rings. The molecule has 0 radical (unpaired) electrons. The molecule has 2 rings (SSSR count). The summed E-state index contributed by atoms with van der Waals surface area (Å²) in [7, 11) is 0. The number of hydrogen-bond acceptors (Lipinski definition) is 15. The molecule has 18 nitrogen and oxygen atoms in total. The van der Waals surface area contributed by atoms with Crippen LogP contribution in [0.25, 0.3) is 0 Å². The second-order valence-electron chi connectivity index (χ2n) is 18.6. The molecule has 1 fully saturated rings. The number of oxime groups is 1. The molecule has 1 aliphatic rings. The molecule has 1 aromatic carbocycles. The van der Waals surface area contributed by atoms with Crippen LogP contribution in [-0.4, -0.2) is 152 Å². The second kappa shape index (κ2) is 27.5. The van der Waals surface area contributed by atoms with E-state index in [9.17, 15) is 33.8 Å². The van der Waals surface area contributed by atoms with Gasteiger partial charge in [0.25, 0.3) is 5.91 Å². The fourth-order valence-corrected chi connectivity index (χ4v) is 6.28. The second-order valence-corrected chi connectivity index (χ2v) is 18.6. The molecular weight excluding hydrogens is 840 g/mol. The third-order valence-corrected chi connectivity index (χ3v) is 10.3. The van der Waals surface area contributed by atoms with Gasteiger partial charge in [-0.2, -0.15) is 0 Å². The van der Waals surface area contributed by atoms with E-state index < -0.39 is 59.9 Å². The fraction of sp³-hybridized carbons (Fsp3) is 0.756. The minimum atomic E-state index is -1.98. The average molecular weight is 915 g/mol. The van der Waals surface area contributed by atoms with E-state index in [2.05, 4.69) is 39.3 Å². The van der Waals surface area contributed by atoms with Crippen LogP contribution in [0.15, 0.2) is 23.4 Å². The van der Waals surface area contributed by atoms with Crippen LogP contribution in [-0.2, 0) is 49.5 Å². The van der Waals surface area contributed by atoms with Gasteiger partial charge in [0.2, 0.25) is 12.7 Å². The number of ether oxygens (including phenoxy) is 7. The molecule has 3 atom stereocenters. The van der Waals surface area contributed by atoms with Gasteiger partial charge in [-0.25, -0.2) is 9.59 Å². The molecule has 0 saturated carbocycles. The average Bonchev–Trinajstić information content (AvgIpc) is 3.17. The van der Waals surface area contributed by atoms with Crippen molar-refractivity contribution in [2.75, 3.05) is 65.9 Å². The Morgan fingerprint density at radius 1 is 0.844 bits per heavy atom. The van der Waals surface area contributed by atoms with E-state index in [1.54, 1.807) is 0 Å². The van der Waals surface area contributed by atoms with E-state index in [1.165, 1.54) is 18.2 Å². The first kappa shape index (κ1) is 56.2. The summed E-state index contributed by atoms with van der Waals surface area (Å²) in [5.41, 5.74) is -0.997. The van der Waals surface area contributed by atoms with Crippen molar-refractivity contribution in [3.8, 4) is 5.75 Å². The van der Waals surface area contributed by atoms with Gasteiger partial charge in [-0.1, -0.05) is 11.2 Å². The number of halogens is 1. The van der Waals surface area contributed by atoms with Gasteiger partial charge in [0.15, 0.2) is 6.10 Å². The molecule has 1 aliphatic heterocycles. The highest BCUT2D eigenvalue weighted by Crippen LogP contribution is 2.28. The Balaban J connectivity index is 2.03. The standard InChI is InChI=1S/C45H75FN4O14/c1-32(2)49-62-26-25-58-24-23-57-22-19-50(17-13-44(7,8)60-20-15-42(3,4)47-31-51)18-14-45(9,10)61-21-16-43(5,6)48-39(53)35-27-33(30-59-41(46)56)11-12-36(35)63-38-29-34(52)28-37(64-38)40(54)55/h11-12,27,31,34,37-38,52H,13-26,28-30H2,1-10H3,(H,47,51)(H,48,53)(H,54,55). The van der Waals surface area contributed by atoms with Crippen LogP contribution < -0.4 is 15.4 Å². The maximum Gasteiger partial charge on any atom is 0.495 e. The summed E-state index contributed by atoms with van der Waals surface area (Å²) in [5, 5.41) is 29.4. The zero-order valence-electron chi connectivity index (χ0n) is 39.6. The number of aliphatic carboxylic acids is 1. The summed E-state index contributed by atoms with van der Waals surface area (Å²) in [4.78, 5) is 54.7. The quantitative estimate of drug-likeness (QED) is 0.0223. The number of aliphatic hydroxyl groups is 1. The minimum absolute atomic E-state index is 0.00321.